The van der Waals surface area contributed by atoms with Gasteiger partial charge in [0, 0.05) is 22.7 Å². The van der Waals surface area contributed by atoms with Crippen LogP contribution < -0.4 is 11.1 Å². The number of thiophene rings is 1. The van der Waals surface area contributed by atoms with Gasteiger partial charge in [-0.1, -0.05) is 36.8 Å². The Balaban J connectivity index is 1.60. The first kappa shape index (κ1) is 18.5. The quantitative estimate of drug-likeness (QED) is 0.486. The van der Waals surface area contributed by atoms with E-state index in [1.54, 1.807) is 6.20 Å². The Kier molecular flexibility index (Phi) is 4.36. The molecule has 0 saturated heterocycles. The minimum absolute atomic E-state index is 0.120. The number of hydrogen-bond acceptors (Lipinski definition) is 5. The number of hydrogen-bond donors (Lipinski definition) is 1. The van der Waals surface area contributed by atoms with Crippen molar-refractivity contribution in [3.63, 3.8) is 0 Å². The van der Waals surface area contributed by atoms with E-state index in [9.17, 15) is 9.59 Å². The number of fused-ring (bicyclic) bond motifs is 2. The van der Waals surface area contributed by atoms with Crippen molar-refractivity contribution >= 4 is 27.2 Å². The maximum atomic E-state index is 12.9. The van der Waals surface area contributed by atoms with E-state index in [0.717, 1.165) is 32.8 Å². The van der Waals surface area contributed by atoms with Gasteiger partial charge in [0.1, 0.15) is 4.83 Å². The smallest absolute Gasteiger partial charge is 0.272 e. The van der Waals surface area contributed by atoms with Gasteiger partial charge in [-0.3, -0.25) is 19.3 Å². The largest absolute Gasteiger partial charge is 0.296 e. The summed E-state index contributed by atoms with van der Waals surface area (Å²) in [6.07, 6.45) is 4.17. The fourth-order valence-corrected chi connectivity index (χ4v) is 4.45. The Labute approximate surface area is 175 Å². The third-order valence-electron chi connectivity index (χ3n) is 5.16. The average Bonchev–Trinajstić information content (AvgIpc) is 3.36. The minimum atomic E-state index is -0.223. The molecule has 0 spiro atoms. The number of H-pyrrole nitrogens is 1. The molecule has 0 saturated carbocycles. The molecule has 0 aliphatic heterocycles. The Hall–Kier alpha value is -3.52. The lowest BCUT2D eigenvalue weighted by Crippen LogP contribution is -2.23. The molecule has 7 nitrogen and oxygen atoms in total. The summed E-state index contributed by atoms with van der Waals surface area (Å²) in [6, 6.07) is 11.4. The minimum Gasteiger partial charge on any atom is -0.296 e. The van der Waals surface area contributed by atoms with Gasteiger partial charge < -0.3 is 0 Å². The second-order valence-electron chi connectivity index (χ2n) is 7.26. The summed E-state index contributed by atoms with van der Waals surface area (Å²) in [5.41, 5.74) is 3.67. The molecule has 0 amide bonds. The van der Waals surface area contributed by atoms with Crippen LogP contribution in [0.25, 0.3) is 27.0 Å². The van der Waals surface area contributed by atoms with Crippen LogP contribution in [0.3, 0.4) is 0 Å². The van der Waals surface area contributed by atoms with E-state index >= 15 is 0 Å². The molecule has 0 aliphatic carbocycles. The third-order valence-corrected chi connectivity index (χ3v) is 6.35. The van der Waals surface area contributed by atoms with Gasteiger partial charge in [0.25, 0.3) is 11.1 Å². The van der Waals surface area contributed by atoms with E-state index in [4.69, 9.17) is 0 Å². The highest BCUT2D eigenvalue weighted by atomic mass is 32.1. The molecule has 0 bridgehead atoms. The van der Waals surface area contributed by atoms with Gasteiger partial charge in [-0.15, -0.1) is 11.3 Å². The number of nitrogens with one attached hydrogen (secondary N) is 1. The molecule has 4 heterocycles. The molecular formula is C22H19N5O2S. The van der Waals surface area contributed by atoms with Crippen LogP contribution >= 0.6 is 11.3 Å². The SMILES string of the molecule is CCc1cc2c(=O)n(Cc3cc(=O)n4[nH]cc(-c5ccc(C)cc5)c4n3)cnc2s1. The van der Waals surface area contributed by atoms with Crippen LogP contribution in [0.4, 0.5) is 0 Å². The summed E-state index contributed by atoms with van der Waals surface area (Å²) in [7, 11) is 0. The first-order valence-corrected chi connectivity index (χ1v) is 10.5. The molecule has 1 aromatic carbocycles. The lowest BCUT2D eigenvalue weighted by Gasteiger charge is -2.06. The third kappa shape index (κ3) is 3.05. The van der Waals surface area contributed by atoms with Gasteiger partial charge in [0.05, 0.1) is 24.0 Å². The second-order valence-corrected chi connectivity index (χ2v) is 8.38. The highest BCUT2D eigenvalue weighted by molar-refractivity contribution is 7.18. The van der Waals surface area contributed by atoms with Crippen LogP contribution in [0, 0.1) is 6.92 Å². The zero-order chi connectivity index (χ0) is 20.8. The number of nitrogens with zero attached hydrogens (tertiary/aromatic N) is 4. The Morgan fingerprint density at radius 3 is 2.70 bits per heavy atom. The summed E-state index contributed by atoms with van der Waals surface area (Å²) in [6.45, 7) is 4.26. The highest BCUT2D eigenvalue weighted by Crippen LogP contribution is 2.23. The van der Waals surface area contributed by atoms with Crippen LogP contribution in [0.5, 0.6) is 0 Å². The first-order valence-electron chi connectivity index (χ1n) is 9.68. The van der Waals surface area contributed by atoms with E-state index in [1.807, 2.05) is 37.3 Å². The summed E-state index contributed by atoms with van der Waals surface area (Å²) >= 11 is 1.53. The van der Waals surface area contributed by atoms with Crippen molar-refractivity contribution in [3.05, 3.63) is 85.8 Å². The van der Waals surface area contributed by atoms with E-state index in [0.29, 0.717) is 16.7 Å². The van der Waals surface area contributed by atoms with Crippen molar-refractivity contribution in [2.75, 3.05) is 0 Å². The lowest BCUT2D eigenvalue weighted by molar-refractivity contribution is 0.724. The zero-order valence-corrected chi connectivity index (χ0v) is 17.4. The molecule has 5 aromatic rings. The van der Waals surface area contributed by atoms with Gasteiger partial charge >= 0.3 is 0 Å². The molecule has 150 valence electrons. The summed E-state index contributed by atoms with van der Waals surface area (Å²) in [5, 5.41) is 3.58. The summed E-state index contributed by atoms with van der Waals surface area (Å²) in [4.78, 5) is 36.5. The Morgan fingerprint density at radius 2 is 1.93 bits per heavy atom. The van der Waals surface area contributed by atoms with Crippen molar-refractivity contribution in [1.82, 2.24) is 24.1 Å². The molecule has 0 fully saturated rings. The molecule has 0 unspecified atom stereocenters. The van der Waals surface area contributed by atoms with Crippen molar-refractivity contribution in [2.45, 2.75) is 26.8 Å². The fraction of sp³-hybridized carbons (Fsp3) is 0.182. The summed E-state index contributed by atoms with van der Waals surface area (Å²) in [5.74, 6) is 0. The molecule has 8 heteroatoms. The predicted molar refractivity (Wildman–Crippen MR) is 118 cm³/mol. The van der Waals surface area contributed by atoms with Crippen LogP contribution in [-0.2, 0) is 13.0 Å². The van der Waals surface area contributed by atoms with E-state index in [-0.39, 0.29) is 17.7 Å². The molecule has 0 radical (unpaired) electrons. The fourth-order valence-electron chi connectivity index (χ4n) is 3.53. The first-order chi connectivity index (χ1) is 14.5. The maximum absolute atomic E-state index is 12.9. The Morgan fingerprint density at radius 1 is 1.13 bits per heavy atom. The Bertz CT molecular complexity index is 1510. The number of aromatic nitrogens is 5. The summed E-state index contributed by atoms with van der Waals surface area (Å²) < 4.78 is 2.92. The van der Waals surface area contributed by atoms with Crippen molar-refractivity contribution < 1.29 is 0 Å². The molecule has 4 aromatic heterocycles. The normalized spacial score (nSPS) is 11.5. The van der Waals surface area contributed by atoms with Crippen LogP contribution in [0.15, 0.2) is 58.5 Å². The van der Waals surface area contributed by atoms with E-state index < -0.39 is 0 Å². The molecule has 0 atom stereocenters. The lowest BCUT2D eigenvalue weighted by atomic mass is 10.1. The van der Waals surface area contributed by atoms with Crippen molar-refractivity contribution in [1.29, 1.82) is 0 Å². The van der Waals surface area contributed by atoms with Crippen molar-refractivity contribution in [2.24, 2.45) is 0 Å². The van der Waals surface area contributed by atoms with Crippen molar-refractivity contribution in [3.8, 4) is 11.1 Å². The predicted octanol–water partition coefficient (Wildman–Crippen LogP) is 3.38. The number of rotatable bonds is 4. The number of aryl methyl sites for hydroxylation is 2. The van der Waals surface area contributed by atoms with Gasteiger partial charge in [-0.25, -0.2) is 14.5 Å². The van der Waals surface area contributed by atoms with E-state index in [1.165, 1.54) is 32.8 Å². The molecule has 30 heavy (non-hydrogen) atoms. The molecule has 0 aliphatic rings. The van der Waals surface area contributed by atoms with Gasteiger partial charge in [-0.2, -0.15) is 0 Å². The monoisotopic (exact) mass is 417 g/mol. The van der Waals surface area contributed by atoms with Crippen LogP contribution in [0.2, 0.25) is 0 Å². The maximum Gasteiger partial charge on any atom is 0.272 e. The van der Waals surface area contributed by atoms with Gasteiger partial charge in [0.2, 0.25) is 0 Å². The van der Waals surface area contributed by atoms with Gasteiger partial charge in [-0.05, 0) is 25.0 Å². The second kappa shape index (κ2) is 7.07. The zero-order valence-electron chi connectivity index (χ0n) is 16.5. The molecule has 5 rings (SSSR count). The molecule has 1 N–H and O–H groups in total. The van der Waals surface area contributed by atoms with Crippen LogP contribution in [-0.4, -0.2) is 24.1 Å². The number of aromatic amines is 1. The van der Waals surface area contributed by atoms with Crippen LogP contribution in [0.1, 0.15) is 23.1 Å². The van der Waals surface area contributed by atoms with Gasteiger partial charge in [0.15, 0.2) is 5.65 Å². The number of benzene rings is 1. The molecular weight excluding hydrogens is 398 g/mol. The average molecular weight is 417 g/mol. The van der Waals surface area contributed by atoms with E-state index in [2.05, 4.69) is 22.0 Å². The topological polar surface area (TPSA) is 85.0 Å². The highest BCUT2D eigenvalue weighted by Gasteiger charge is 2.13. The standard InChI is InChI=1S/C22H19N5O2S/c1-3-16-9-17-21(30-16)23-12-26(22(17)29)11-15-8-19(28)27-20(25-15)18(10-24-27)14-6-4-13(2)5-7-14/h4-10,12,24H,3,11H2,1-2H3.